The van der Waals surface area contributed by atoms with Crippen molar-refractivity contribution in [3.63, 3.8) is 0 Å². The van der Waals surface area contributed by atoms with E-state index in [2.05, 4.69) is 18.9 Å². The van der Waals surface area contributed by atoms with E-state index in [0.717, 1.165) is 12.0 Å². The van der Waals surface area contributed by atoms with Crippen LogP contribution in [0.3, 0.4) is 0 Å². The van der Waals surface area contributed by atoms with Gasteiger partial charge in [-0.3, -0.25) is 0 Å². The summed E-state index contributed by atoms with van der Waals surface area (Å²) in [5, 5.41) is 3.44. The van der Waals surface area contributed by atoms with Gasteiger partial charge in [0.25, 0.3) is 0 Å². The molecule has 1 N–H and O–H groups in total. The summed E-state index contributed by atoms with van der Waals surface area (Å²) in [6.45, 7) is 3.74. The highest BCUT2D eigenvalue weighted by molar-refractivity contribution is 4.79. The van der Waals surface area contributed by atoms with Gasteiger partial charge in [0.15, 0.2) is 0 Å². The summed E-state index contributed by atoms with van der Waals surface area (Å²) in [5.41, 5.74) is 0. The molecule has 0 heterocycles. The largest absolute Gasteiger partial charge is 0.317 e. The Balaban J connectivity index is 1.93. The molecule has 1 rings (SSSR count). The predicted molar refractivity (Wildman–Crippen MR) is 63.5 cm³/mol. The van der Waals surface area contributed by atoms with Gasteiger partial charge in [-0.15, -0.1) is 6.58 Å². The molecule has 1 heteroatoms. The Morgan fingerprint density at radius 1 is 1.36 bits per heavy atom. The molecule has 0 aliphatic heterocycles. The zero-order chi connectivity index (χ0) is 10.2. The fourth-order valence-corrected chi connectivity index (χ4v) is 1.99. The van der Waals surface area contributed by atoms with Crippen molar-refractivity contribution in [3.05, 3.63) is 12.7 Å². The standard InChI is InChI=1S/C13H25N/c1-3-4-5-6-7-8-13(14-2)11-12-9-10-12/h3,12-14H,1,4-11H2,2H3. The second-order valence-corrected chi connectivity index (χ2v) is 4.59. The summed E-state index contributed by atoms with van der Waals surface area (Å²) in [4.78, 5) is 0. The van der Waals surface area contributed by atoms with Crippen LogP contribution in [0.15, 0.2) is 12.7 Å². The molecule has 14 heavy (non-hydrogen) atoms. The third-order valence-electron chi connectivity index (χ3n) is 3.18. The summed E-state index contributed by atoms with van der Waals surface area (Å²) in [7, 11) is 2.11. The van der Waals surface area contributed by atoms with Crippen molar-refractivity contribution in [1.82, 2.24) is 5.32 Å². The van der Waals surface area contributed by atoms with Crippen molar-refractivity contribution in [2.45, 2.75) is 57.4 Å². The summed E-state index contributed by atoms with van der Waals surface area (Å²) in [6, 6.07) is 0.784. The van der Waals surface area contributed by atoms with E-state index in [4.69, 9.17) is 0 Å². The molecule has 0 aromatic heterocycles. The van der Waals surface area contributed by atoms with Gasteiger partial charge in [0.1, 0.15) is 0 Å². The molecule has 0 aromatic carbocycles. The molecule has 1 unspecified atom stereocenters. The van der Waals surface area contributed by atoms with Crippen molar-refractivity contribution in [2.24, 2.45) is 5.92 Å². The third-order valence-corrected chi connectivity index (χ3v) is 3.18. The third kappa shape index (κ3) is 5.43. The molecule has 1 fully saturated rings. The molecule has 1 atom stereocenters. The number of hydrogen-bond acceptors (Lipinski definition) is 1. The smallest absolute Gasteiger partial charge is 0.00667 e. The van der Waals surface area contributed by atoms with Crippen LogP contribution in [0, 0.1) is 5.92 Å². The van der Waals surface area contributed by atoms with E-state index < -0.39 is 0 Å². The first-order valence-corrected chi connectivity index (χ1v) is 6.15. The van der Waals surface area contributed by atoms with E-state index in [9.17, 15) is 0 Å². The first kappa shape index (κ1) is 11.8. The van der Waals surface area contributed by atoms with Gasteiger partial charge < -0.3 is 5.32 Å². The van der Waals surface area contributed by atoms with Gasteiger partial charge in [-0.05, 0) is 38.6 Å². The average molecular weight is 195 g/mol. The molecular formula is C13H25N. The van der Waals surface area contributed by atoms with Crippen LogP contribution in [0.1, 0.15) is 51.4 Å². The first-order valence-electron chi connectivity index (χ1n) is 6.15. The van der Waals surface area contributed by atoms with Gasteiger partial charge in [-0.2, -0.15) is 0 Å². The molecular weight excluding hydrogens is 170 g/mol. The molecule has 0 amide bonds. The van der Waals surface area contributed by atoms with E-state index in [1.54, 1.807) is 0 Å². The van der Waals surface area contributed by atoms with Crippen LogP contribution in [0.4, 0.5) is 0 Å². The highest BCUT2D eigenvalue weighted by Gasteiger charge is 2.24. The Hall–Kier alpha value is -0.300. The number of unbranched alkanes of at least 4 members (excludes halogenated alkanes) is 3. The van der Waals surface area contributed by atoms with E-state index in [1.807, 2.05) is 6.08 Å². The summed E-state index contributed by atoms with van der Waals surface area (Å²) < 4.78 is 0. The predicted octanol–water partition coefficient (Wildman–Crippen LogP) is 3.51. The molecule has 0 aromatic rings. The lowest BCUT2D eigenvalue weighted by Gasteiger charge is -2.15. The Kier molecular flexibility index (Phi) is 5.93. The number of nitrogens with one attached hydrogen (secondary N) is 1. The van der Waals surface area contributed by atoms with Crippen LogP contribution in [0.5, 0.6) is 0 Å². The van der Waals surface area contributed by atoms with Gasteiger partial charge in [0, 0.05) is 6.04 Å². The lowest BCUT2D eigenvalue weighted by atomic mass is 10.0. The van der Waals surface area contributed by atoms with E-state index >= 15 is 0 Å². The highest BCUT2D eigenvalue weighted by atomic mass is 14.9. The van der Waals surface area contributed by atoms with Crippen LogP contribution in [0.2, 0.25) is 0 Å². The van der Waals surface area contributed by atoms with Crippen LogP contribution < -0.4 is 5.32 Å². The van der Waals surface area contributed by atoms with Crippen LogP contribution >= 0.6 is 0 Å². The SMILES string of the molecule is C=CCCCCCC(CC1CC1)NC. The Bertz CT molecular complexity index is 149. The van der Waals surface area contributed by atoms with Crippen molar-refractivity contribution in [2.75, 3.05) is 7.05 Å². The van der Waals surface area contributed by atoms with Gasteiger partial charge in [-0.25, -0.2) is 0 Å². The van der Waals surface area contributed by atoms with Gasteiger partial charge in [0.05, 0.1) is 0 Å². The maximum absolute atomic E-state index is 3.74. The number of rotatable bonds is 9. The average Bonchev–Trinajstić information content (AvgIpc) is 2.99. The molecule has 0 spiro atoms. The zero-order valence-electron chi connectivity index (χ0n) is 9.60. The topological polar surface area (TPSA) is 12.0 Å². The molecule has 82 valence electrons. The summed E-state index contributed by atoms with van der Waals surface area (Å²) in [6.07, 6.45) is 13.0. The molecule has 1 aliphatic rings. The first-order chi connectivity index (χ1) is 6.86. The molecule has 0 radical (unpaired) electrons. The summed E-state index contributed by atoms with van der Waals surface area (Å²) >= 11 is 0. The van der Waals surface area contributed by atoms with Crippen LogP contribution in [-0.2, 0) is 0 Å². The maximum Gasteiger partial charge on any atom is 0.00667 e. The fraction of sp³-hybridized carbons (Fsp3) is 0.846. The van der Waals surface area contributed by atoms with Gasteiger partial charge in [0.2, 0.25) is 0 Å². The van der Waals surface area contributed by atoms with Crippen LogP contribution in [-0.4, -0.2) is 13.1 Å². The molecule has 0 bridgehead atoms. The van der Waals surface area contributed by atoms with Crippen molar-refractivity contribution >= 4 is 0 Å². The Labute approximate surface area is 89.0 Å². The fourth-order valence-electron chi connectivity index (χ4n) is 1.99. The van der Waals surface area contributed by atoms with Crippen molar-refractivity contribution < 1.29 is 0 Å². The van der Waals surface area contributed by atoms with E-state index in [1.165, 1.54) is 51.4 Å². The highest BCUT2D eigenvalue weighted by Crippen LogP contribution is 2.34. The molecule has 1 saturated carbocycles. The number of hydrogen-bond donors (Lipinski definition) is 1. The minimum Gasteiger partial charge on any atom is -0.317 e. The van der Waals surface area contributed by atoms with E-state index in [0.29, 0.717) is 0 Å². The molecule has 0 saturated heterocycles. The number of allylic oxidation sites excluding steroid dienone is 1. The maximum atomic E-state index is 3.74. The quantitative estimate of drug-likeness (QED) is 0.438. The monoisotopic (exact) mass is 195 g/mol. The normalized spacial score (nSPS) is 18.1. The molecule has 1 nitrogen and oxygen atoms in total. The minimum absolute atomic E-state index is 0.784. The minimum atomic E-state index is 0.784. The van der Waals surface area contributed by atoms with Crippen molar-refractivity contribution in [1.29, 1.82) is 0 Å². The van der Waals surface area contributed by atoms with Gasteiger partial charge in [-0.1, -0.05) is 31.8 Å². The Morgan fingerprint density at radius 3 is 2.71 bits per heavy atom. The van der Waals surface area contributed by atoms with Gasteiger partial charge >= 0.3 is 0 Å². The summed E-state index contributed by atoms with van der Waals surface area (Å²) in [5.74, 6) is 1.06. The lowest BCUT2D eigenvalue weighted by Crippen LogP contribution is -2.25. The Morgan fingerprint density at radius 2 is 2.14 bits per heavy atom. The van der Waals surface area contributed by atoms with Crippen molar-refractivity contribution in [3.8, 4) is 0 Å². The molecule has 1 aliphatic carbocycles. The zero-order valence-corrected chi connectivity index (χ0v) is 9.60. The lowest BCUT2D eigenvalue weighted by molar-refractivity contribution is 0.442. The second-order valence-electron chi connectivity index (χ2n) is 4.59. The second kappa shape index (κ2) is 7.05. The van der Waals surface area contributed by atoms with E-state index in [-0.39, 0.29) is 0 Å². The van der Waals surface area contributed by atoms with Crippen LogP contribution in [0.25, 0.3) is 0 Å².